The molecule has 1 aromatic rings. The normalized spacial score (nSPS) is 12.9. The van der Waals surface area contributed by atoms with Crippen molar-refractivity contribution in [3.8, 4) is 0 Å². The molecular formula is C17H20NO7P. The first-order valence-electron chi connectivity index (χ1n) is 7.32. The van der Waals surface area contributed by atoms with Crippen LogP contribution in [0, 0.1) is 0 Å². The molecule has 0 heterocycles. The highest BCUT2D eigenvalue weighted by Crippen LogP contribution is 2.49. The Kier molecular flexibility index (Phi) is 8.64. The molecule has 0 fully saturated rings. The maximum Gasteiger partial charge on any atom is 0.386 e. The summed E-state index contributed by atoms with van der Waals surface area (Å²) >= 11 is 0. The number of carbonyl (C=O) groups is 2. The molecule has 0 aliphatic rings. The lowest BCUT2D eigenvalue weighted by Gasteiger charge is -2.15. The van der Waals surface area contributed by atoms with Crippen molar-refractivity contribution in [2.24, 2.45) is 4.99 Å². The van der Waals surface area contributed by atoms with Crippen LogP contribution < -0.4 is 0 Å². The summed E-state index contributed by atoms with van der Waals surface area (Å²) in [5.74, 6) is -1.53. The van der Waals surface area contributed by atoms with Crippen molar-refractivity contribution < 1.29 is 32.7 Å². The van der Waals surface area contributed by atoms with Gasteiger partial charge in [0.15, 0.2) is 0 Å². The summed E-state index contributed by atoms with van der Waals surface area (Å²) < 4.78 is 31.5. The van der Waals surface area contributed by atoms with Crippen LogP contribution in [0.1, 0.15) is 5.56 Å². The van der Waals surface area contributed by atoms with Gasteiger partial charge in [0, 0.05) is 25.9 Å². The van der Waals surface area contributed by atoms with Crippen LogP contribution in [0.25, 0.3) is 5.70 Å². The van der Waals surface area contributed by atoms with Gasteiger partial charge in [0.1, 0.15) is 0 Å². The van der Waals surface area contributed by atoms with Crippen molar-refractivity contribution >= 4 is 30.7 Å². The Bertz CT molecular complexity index is 761. The van der Waals surface area contributed by atoms with Crippen molar-refractivity contribution in [1.82, 2.24) is 0 Å². The van der Waals surface area contributed by atoms with E-state index >= 15 is 0 Å². The first-order chi connectivity index (χ1) is 12.4. The minimum Gasteiger partial charge on any atom is -0.466 e. The first kappa shape index (κ1) is 21.5. The summed E-state index contributed by atoms with van der Waals surface area (Å²) in [6.07, 6.45) is 4.00. The molecule has 0 unspecified atom stereocenters. The standard InChI is InChI=1S/C17H20NO7P/c1-22-15(19)12-8-11-14(13-9-6-5-7-10-13)18-16(17(20)23-2)26(21,24-3)25-4/h5-12H,1-4H3/b12-8+,14-11+,18-16?. The lowest BCUT2D eigenvalue weighted by Crippen LogP contribution is -2.18. The average molecular weight is 381 g/mol. The van der Waals surface area contributed by atoms with Crippen LogP contribution in [0.4, 0.5) is 0 Å². The van der Waals surface area contributed by atoms with Gasteiger partial charge in [0.25, 0.3) is 0 Å². The monoisotopic (exact) mass is 381 g/mol. The minimum absolute atomic E-state index is 0.237. The highest BCUT2D eigenvalue weighted by Gasteiger charge is 2.37. The highest BCUT2D eigenvalue weighted by atomic mass is 31.2. The number of ether oxygens (including phenoxy) is 2. The Labute approximate surface area is 151 Å². The molecule has 0 saturated heterocycles. The lowest BCUT2D eigenvalue weighted by molar-refractivity contribution is -0.135. The van der Waals surface area contributed by atoms with Crippen LogP contribution in [0.15, 0.2) is 53.6 Å². The third-order valence-electron chi connectivity index (χ3n) is 3.09. The predicted molar refractivity (Wildman–Crippen MR) is 96.7 cm³/mol. The number of hydrogen-bond acceptors (Lipinski definition) is 8. The summed E-state index contributed by atoms with van der Waals surface area (Å²) in [6.45, 7) is 0. The maximum atomic E-state index is 12.7. The summed E-state index contributed by atoms with van der Waals surface area (Å²) in [7, 11) is 0.652. The fourth-order valence-electron chi connectivity index (χ4n) is 1.76. The van der Waals surface area contributed by atoms with Gasteiger partial charge in [-0.25, -0.2) is 14.6 Å². The molecule has 0 spiro atoms. The second-order valence-corrected chi connectivity index (χ2v) is 6.74. The van der Waals surface area contributed by atoms with Crippen LogP contribution >= 0.6 is 7.60 Å². The number of hydrogen-bond donors (Lipinski definition) is 0. The molecule has 0 radical (unpaired) electrons. The zero-order chi connectivity index (χ0) is 19.6. The molecule has 0 saturated carbocycles. The Morgan fingerprint density at radius 1 is 1.00 bits per heavy atom. The Morgan fingerprint density at radius 3 is 2.12 bits per heavy atom. The molecule has 1 rings (SSSR count). The van der Waals surface area contributed by atoms with Gasteiger partial charge in [-0.05, 0) is 6.08 Å². The van der Waals surface area contributed by atoms with Crippen molar-refractivity contribution in [2.45, 2.75) is 0 Å². The number of carbonyl (C=O) groups excluding carboxylic acids is 2. The summed E-state index contributed by atoms with van der Waals surface area (Å²) in [5.41, 5.74) is 0.314. The zero-order valence-electron chi connectivity index (χ0n) is 14.9. The number of allylic oxidation sites excluding steroid dienone is 2. The van der Waals surface area contributed by atoms with Crippen LogP contribution in [-0.2, 0) is 32.7 Å². The molecule has 0 aromatic heterocycles. The van der Waals surface area contributed by atoms with Gasteiger partial charge in [-0.15, -0.1) is 0 Å². The van der Waals surface area contributed by atoms with Gasteiger partial charge in [-0.1, -0.05) is 36.4 Å². The van der Waals surface area contributed by atoms with Crippen LogP contribution in [0.5, 0.6) is 0 Å². The molecule has 8 nitrogen and oxygen atoms in total. The number of aliphatic imine (C=N–C) groups is 1. The quantitative estimate of drug-likeness (QED) is 0.224. The lowest BCUT2D eigenvalue weighted by atomic mass is 10.1. The van der Waals surface area contributed by atoms with E-state index in [1.807, 2.05) is 0 Å². The minimum atomic E-state index is -3.98. The molecule has 0 amide bonds. The molecule has 0 bridgehead atoms. The largest absolute Gasteiger partial charge is 0.466 e. The number of methoxy groups -OCH3 is 2. The Hall–Kier alpha value is -2.54. The molecule has 140 valence electrons. The van der Waals surface area contributed by atoms with E-state index in [0.29, 0.717) is 5.56 Å². The van der Waals surface area contributed by atoms with Gasteiger partial charge in [0.05, 0.1) is 19.9 Å². The van der Waals surface area contributed by atoms with E-state index in [-0.39, 0.29) is 5.70 Å². The third-order valence-corrected chi connectivity index (χ3v) is 4.85. The van der Waals surface area contributed by atoms with Gasteiger partial charge in [0.2, 0.25) is 5.45 Å². The van der Waals surface area contributed by atoms with E-state index in [2.05, 4.69) is 14.5 Å². The average Bonchev–Trinajstić information content (AvgIpc) is 2.69. The van der Waals surface area contributed by atoms with Gasteiger partial charge < -0.3 is 18.5 Å². The summed E-state index contributed by atoms with van der Waals surface area (Å²) in [5, 5.41) is 0. The first-order valence-corrected chi connectivity index (χ1v) is 8.87. The van der Waals surface area contributed by atoms with Gasteiger partial charge in [-0.3, -0.25) is 4.57 Å². The van der Waals surface area contributed by atoms with Crippen molar-refractivity contribution in [3.63, 3.8) is 0 Å². The number of benzene rings is 1. The highest BCUT2D eigenvalue weighted by molar-refractivity contribution is 7.75. The molecule has 0 atom stereocenters. The Balaban J connectivity index is 3.52. The molecule has 1 aromatic carbocycles. The van der Waals surface area contributed by atoms with Crippen LogP contribution in [0.3, 0.4) is 0 Å². The van der Waals surface area contributed by atoms with Crippen molar-refractivity contribution in [3.05, 3.63) is 54.1 Å². The third kappa shape index (κ3) is 5.77. The number of esters is 2. The molecule has 0 aliphatic carbocycles. The van der Waals surface area contributed by atoms with Crippen LogP contribution in [0.2, 0.25) is 0 Å². The maximum absolute atomic E-state index is 12.7. The van der Waals surface area contributed by atoms with E-state index in [0.717, 1.165) is 21.3 Å². The van der Waals surface area contributed by atoms with E-state index in [1.54, 1.807) is 30.3 Å². The molecular weight excluding hydrogens is 361 g/mol. The van der Waals surface area contributed by atoms with E-state index in [4.69, 9.17) is 9.05 Å². The zero-order valence-corrected chi connectivity index (χ0v) is 15.8. The number of nitrogens with zero attached hydrogens (tertiary/aromatic N) is 1. The SMILES string of the molecule is COC(=O)/C=C/C=C(/N=C(C(=O)OC)P(=O)(OC)OC)c1ccccc1. The van der Waals surface area contributed by atoms with Crippen LogP contribution in [-0.4, -0.2) is 45.8 Å². The van der Waals surface area contributed by atoms with E-state index in [1.165, 1.54) is 25.3 Å². The predicted octanol–water partition coefficient (Wildman–Crippen LogP) is 2.81. The van der Waals surface area contributed by atoms with Crippen molar-refractivity contribution in [2.75, 3.05) is 28.4 Å². The summed E-state index contributed by atoms with van der Waals surface area (Å²) in [6, 6.07) is 8.76. The molecule has 26 heavy (non-hydrogen) atoms. The van der Waals surface area contributed by atoms with Gasteiger partial charge >= 0.3 is 19.5 Å². The van der Waals surface area contributed by atoms with Crippen molar-refractivity contribution in [1.29, 1.82) is 0 Å². The molecule has 0 N–H and O–H groups in total. The fraction of sp³-hybridized carbons (Fsp3) is 0.235. The smallest absolute Gasteiger partial charge is 0.386 e. The number of rotatable bonds is 8. The second-order valence-electron chi connectivity index (χ2n) is 4.59. The fourth-order valence-corrected chi connectivity index (χ4v) is 2.80. The topological polar surface area (TPSA) is 100 Å². The Morgan fingerprint density at radius 2 is 1.62 bits per heavy atom. The van der Waals surface area contributed by atoms with Gasteiger partial charge in [-0.2, -0.15) is 0 Å². The van der Waals surface area contributed by atoms with E-state index in [9.17, 15) is 14.2 Å². The molecule has 0 aliphatic heterocycles. The molecule has 9 heteroatoms. The second kappa shape index (κ2) is 10.5. The van der Waals surface area contributed by atoms with E-state index < -0.39 is 25.0 Å². The summed E-state index contributed by atoms with van der Waals surface area (Å²) in [4.78, 5) is 27.4.